The van der Waals surface area contributed by atoms with E-state index in [1.165, 1.54) is 5.56 Å². The summed E-state index contributed by atoms with van der Waals surface area (Å²) in [7, 11) is 0. The number of nitrogens with one attached hydrogen (secondary N) is 1. The maximum absolute atomic E-state index is 12.3. The number of allylic oxidation sites excluding steroid dienone is 1. The molecule has 3 aromatic carbocycles. The maximum atomic E-state index is 12.3. The molecule has 0 aliphatic heterocycles. The fourth-order valence-corrected chi connectivity index (χ4v) is 2.46. The monoisotopic (exact) mass is 341 g/mol. The fraction of sp³-hybridized carbons (Fsp3) is 0.0435. The first-order valence-corrected chi connectivity index (χ1v) is 8.37. The number of anilines is 1. The van der Waals surface area contributed by atoms with Gasteiger partial charge < -0.3 is 5.32 Å². The van der Waals surface area contributed by atoms with Crippen LogP contribution in [0.2, 0.25) is 0 Å². The Balaban J connectivity index is 1.64. The average Bonchev–Trinajstić information content (AvgIpc) is 2.68. The Morgan fingerprint density at radius 2 is 1.42 bits per heavy atom. The lowest BCUT2D eigenvalue weighted by atomic mass is 10.1. The van der Waals surface area contributed by atoms with Crippen molar-refractivity contribution in [1.82, 2.24) is 0 Å². The SMILES string of the molecule is Cc1ccc(/C=C/C(=O)c2ccc(NC(=O)c3ccccc3)cc2)cc1. The van der Waals surface area contributed by atoms with Gasteiger partial charge in [-0.15, -0.1) is 0 Å². The summed E-state index contributed by atoms with van der Waals surface area (Å²) >= 11 is 0. The summed E-state index contributed by atoms with van der Waals surface area (Å²) < 4.78 is 0. The Morgan fingerprint density at radius 3 is 2.08 bits per heavy atom. The van der Waals surface area contributed by atoms with E-state index in [4.69, 9.17) is 0 Å². The molecule has 0 aromatic heterocycles. The molecule has 0 saturated carbocycles. The van der Waals surface area contributed by atoms with E-state index in [1.807, 2.05) is 49.4 Å². The molecule has 3 heteroatoms. The topological polar surface area (TPSA) is 46.2 Å². The minimum Gasteiger partial charge on any atom is -0.322 e. The summed E-state index contributed by atoms with van der Waals surface area (Å²) in [5.74, 6) is -0.254. The molecule has 0 aliphatic carbocycles. The Bertz CT molecular complexity index is 924. The van der Waals surface area contributed by atoms with Crippen molar-refractivity contribution >= 4 is 23.5 Å². The fourth-order valence-electron chi connectivity index (χ4n) is 2.46. The minimum atomic E-state index is -0.177. The van der Waals surface area contributed by atoms with Crippen LogP contribution < -0.4 is 5.32 Å². The number of hydrogen-bond donors (Lipinski definition) is 1. The third kappa shape index (κ3) is 4.54. The molecule has 0 radical (unpaired) electrons. The minimum absolute atomic E-state index is 0.0773. The van der Waals surface area contributed by atoms with Crippen LogP contribution in [0.3, 0.4) is 0 Å². The van der Waals surface area contributed by atoms with Crippen molar-refractivity contribution in [2.45, 2.75) is 6.92 Å². The molecule has 0 spiro atoms. The molecule has 0 fully saturated rings. The highest BCUT2D eigenvalue weighted by Gasteiger charge is 2.06. The number of benzene rings is 3. The highest BCUT2D eigenvalue weighted by atomic mass is 16.1. The van der Waals surface area contributed by atoms with Crippen LogP contribution in [0, 0.1) is 6.92 Å². The Morgan fingerprint density at radius 1 is 0.769 bits per heavy atom. The zero-order valence-electron chi connectivity index (χ0n) is 14.5. The van der Waals surface area contributed by atoms with Crippen molar-refractivity contribution in [2.75, 3.05) is 5.32 Å². The number of rotatable bonds is 5. The van der Waals surface area contributed by atoms with Crippen LogP contribution in [-0.2, 0) is 0 Å². The van der Waals surface area contributed by atoms with Gasteiger partial charge in [-0.3, -0.25) is 9.59 Å². The van der Waals surface area contributed by atoms with E-state index in [9.17, 15) is 9.59 Å². The second kappa shape index (κ2) is 8.08. The van der Waals surface area contributed by atoms with Crippen LogP contribution >= 0.6 is 0 Å². The van der Waals surface area contributed by atoms with Crippen LogP contribution in [0.15, 0.2) is 84.9 Å². The van der Waals surface area contributed by atoms with Crippen LogP contribution in [0.5, 0.6) is 0 Å². The van der Waals surface area contributed by atoms with Crippen LogP contribution in [0.25, 0.3) is 6.08 Å². The Labute approximate surface area is 153 Å². The number of carbonyl (C=O) groups excluding carboxylic acids is 2. The first-order chi connectivity index (χ1) is 12.6. The summed E-state index contributed by atoms with van der Waals surface area (Å²) in [6.07, 6.45) is 3.36. The first-order valence-electron chi connectivity index (χ1n) is 8.37. The van der Waals surface area contributed by atoms with Gasteiger partial charge in [-0.2, -0.15) is 0 Å². The number of aryl methyl sites for hydroxylation is 1. The molecule has 128 valence electrons. The van der Waals surface area contributed by atoms with Crippen molar-refractivity contribution in [1.29, 1.82) is 0 Å². The molecule has 0 unspecified atom stereocenters. The summed E-state index contributed by atoms with van der Waals surface area (Å²) in [4.78, 5) is 24.4. The van der Waals surface area contributed by atoms with Gasteiger partial charge in [0.05, 0.1) is 0 Å². The normalized spacial score (nSPS) is 10.7. The molecule has 26 heavy (non-hydrogen) atoms. The molecule has 1 N–H and O–H groups in total. The van der Waals surface area contributed by atoms with Gasteiger partial charge in [0.2, 0.25) is 0 Å². The molecule has 3 rings (SSSR count). The molecule has 0 aliphatic rings. The summed E-state index contributed by atoms with van der Waals surface area (Å²) in [5, 5.41) is 2.82. The number of amides is 1. The number of hydrogen-bond acceptors (Lipinski definition) is 2. The smallest absolute Gasteiger partial charge is 0.255 e. The van der Waals surface area contributed by atoms with E-state index in [2.05, 4.69) is 5.32 Å². The molecule has 0 atom stereocenters. The van der Waals surface area contributed by atoms with Gasteiger partial charge in [-0.1, -0.05) is 54.1 Å². The molecule has 1 amide bonds. The summed E-state index contributed by atoms with van der Waals surface area (Å²) in [6, 6.07) is 23.8. The van der Waals surface area contributed by atoms with Gasteiger partial charge >= 0.3 is 0 Å². The molecule has 3 nitrogen and oxygen atoms in total. The molecule has 0 bridgehead atoms. The van der Waals surface area contributed by atoms with E-state index in [0.29, 0.717) is 16.8 Å². The second-order valence-corrected chi connectivity index (χ2v) is 6.01. The van der Waals surface area contributed by atoms with Gasteiger partial charge in [0, 0.05) is 16.8 Å². The molecule has 0 saturated heterocycles. The lowest BCUT2D eigenvalue weighted by Gasteiger charge is -2.05. The van der Waals surface area contributed by atoms with Gasteiger partial charge in [0.15, 0.2) is 5.78 Å². The molecular formula is C23H19NO2. The molecular weight excluding hydrogens is 322 g/mol. The van der Waals surface area contributed by atoms with Gasteiger partial charge in [0.1, 0.15) is 0 Å². The standard InChI is InChI=1S/C23H19NO2/c1-17-7-9-18(10-8-17)11-16-22(25)19-12-14-21(15-13-19)24-23(26)20-5-3-2-4-6-20/h2-16H,1H3,(H,24,26)/b16-11+. The highest BCUT2D eigenvalue weighted by Crippen LogP contribution is 2.13. The second-order valence-electron chi connectivity index (χ2n) is 6.01. The van der Waals surface area contributed by atoms with Crippen molar-refractivity contribution in [3.8, 4) is 0 Å². The number of ketones is 1. The van der Waals surface area contributed by atoms with Crippen LogP contribution in [0.4, 0.5) is 5.69 Å². The highest BCUT2D eigenvalue weighted by molar-refractivity contribution is 6.07. The van der Waals surface area contributed by atoms with E-state index in [1.54, 1.807) is 48.6 Å². The van der Waals surface area contributed by atoms with Gasteiger partial charge in [-0.05, 0) is 55.0 Å². The van der Waals surface area contributed by atoms with Crippen LogP contribution in [0.1, 0.15) is 31.8 Å². The lowest BCUT2D eigenvalue weighted by molar-refractivity contribution is 0.102. The van der Waals surface area contributed by atoms with Crippen molar-refractivity contribution in [2.24, 2.45) is 0 Å². The van der Waals surface area contributed by atoms with Crippen molar-refractivity contribution in [3.63, 3.8) is 0 Å². The van der Waals surface area contributed by atoms with Crippen molar-refractivity contribution in [3.05, 3.63) is 107 Å². The third-order valence-electron chi connectivity index (χ3n) is 3.97. The predicted octanol–water partition coefficient (Wildman–Crippen LogP) is 5.14. The lowest BCUT2D eigenvalue weighted by Crippen LogP contribution is -2.11. The predicted molar refractivity (Wildman–Crippen MR) is 105 cm³/mol. The summed E-state index contributed by atoms with van der Waals surface area (Å²) in [6.45, 7) is 2.02. The molecule has 0 heterocycles. The van der Waals surface area contributed by atoms with Crippen LogP contribution in [-0.4, -0.2) is 11.7 Å². The van der Waals surface area contributed by atoms with Gasteiger partial charge in [-0.25, -0.2) is 0 Å². The first kappa shape index (κ1) is 17.4. The Hall–Kier alpha value is -3.46. The summed E-state index contributed by atoms with van der Waals surface area (Å²) in [5.41, 5.74) is 3.98. The quantitative estimate of drug-likeness (QED) is 0.516. The third-order valence-corrected chi connectivity index (χ3v) is 3.97. The zero-order chi connectivity index (χ0) is 18.4. The average molecular weight is 341 g/mol. The largest absolute Gasteiger partial charge is 0.322 e. The van der Waals surface area contributed by atoms with Crippen molar-refractivity contribution < 1.29 is 9.59 Å². The Kier molecular flexibility index (Phi) is 5.40. The van der Waals surface area contributed by atoms with E-state index < -0.39 is 0 Å². The maximum Gasteiger partial charge on any atom is 0.255 e. The van der Waals surface area contributed by atoms with E-state index in [-0.39, 0.29) is 11.7 Å². The van der Waals surface area contributed by atoms with E-state index in [0.717, 1.165) is 5.56 Å². The number of carbonyl (C=O) groups is 2. The molecule has 3 aromatic rings. The van der Waals surface area contributed by atoms with E-state index >= 15 is 0 Å². The van der Waals surface area contributed by atoms with Gasteiger partial charge in [0.25, 0.3) is 5.91 Å². The zero-order valence-corrected chi connectivity index (χ0v) is 14.5.